The minimum atomic E-state index is -0.338. The van der Waals surface area contributed by atoms with Gasteiger partial charge in [-0.3, -0.25) is 14.5 Å². The fraction of sp³-hybridized carbons (Fsp3) is 0.333. The van der Waals surface area contributed by atoms with Gasteiger partial charge < -0.3 is 20.0 Å². The number of anilines is 2. The van der Waals surface area contributed by atoms with E-state index in [1.54, 1.807) is 18.2 Å². The summed E-state index contributed by atoms with van der Waals surface area (Å²) in [5, 5.41) is 6.34. The second-order valence-electron chi connectivity index (χ2n) is 7.92. The van der Waals surface area contributed by atoms with Gasteiger partial charge in [-0.05, 0) is 54.9 Å². The first kappa shape index (κ1) is 22.3. The molecule has 32 heavy (non-hydrogen) atoms. The van der Waals surface area contributed by atoms with E-state index in [1.165, 1.54) is 23.2 Å². The van der Waals surface area contributed by atoms with Crippen molar-refractivity contribution in [3.8, 4) is 0 Å². The fourth-order valence-corrected chi connectivity index (χ4v) is 4.72. The Kier molecular flexibility index (Phi) is 7.04. The summed E-state index contributed by atoms with van der Waals surface area (Å²) in [7, 11) is 0. The Balaban J connectivity index is 1.33. The average molecular weight is 453 g/mol. The normalized spacial score (nSPS) is 14.9. The molecule has 1 aliphatic rings. The molecule has 2 amide bonds. The summed E-state index contributed by atoms with van der Waals surface area (Å²) in [5.74, 6) is -0.293. The quantitative estimate of drug-likeness (QED) is 0.559. The molecule has 0 spiro atoms. The lowest BCUT2D eigenvalue weighted by Gasteiger charge is -2.34. The third kappa shape index (κ3) is 5.45. The first-order chi connectivity index (χ1) is 15.5. The van der Waals surface area contributed by atoms with Gasteiger partial charge in [-0.1, -0.05) is 19.1 Å². The predicted octanol–water partition coefficient (Wildman–Crippen LogP) is 4.29. The maximum Gasteiger partial charge on any atom is 0.291 e. The number of hydrogen-bond acceptors (Lipinski definition) is 6. The molecule has 7 nitrogen and oxygen atoms in total. The number of likely N-dealkylation sites (N-methyl/N-ethyl adjacent to an activating group) is 1. The lowest BCUT2D eigenvalue weighted by molar-refractivity contribution is 0.0995. The van der Waals surface area contributed by atoms with Crippen LogP contribution in [-0.4, -0.2) is 54.3 Å². The summed E-state index contributed by atoms with van der Waals surface area (Å²) in [6.07, 6.45) is 1.45. The number of carbonyl (C=O) groups excluding carboxylic acids is 2. The van der Waals surface area contributed by atoms with Crippen molar-refractivity contribution in [3.05, 3.63) is 70.5 Å². The SMILES string of the molecule is CCN1CCN(Cc2ccc(NC(=O)c3sc(NC(=O)c4ccco4)cc3C)cc2)CC1. The lowest BCUT2D eigenvalue weighted by Crippen LogP contribution is -2.45. The Labute approximate surface area is 192 Å². The third-order valence-corrected chi connectivity index (χ3v) is 6.79. The maximum atomic E-state index is 12.8. The van der Waals surface area contributed by atoms with Crippen LogP contribution in [0.1, 0.15) is 38.3 Å². The molecule has 3 aromatic rings. The number of furan rings is 1. The van der Waals surface area contributed by atoms with Crippen molar-refractivity contribution < 1.29 is 14.0 Å². The lowest BCUT2D eigenvalue weighted by atomic mass is 10.1. The molecule has 168 valence electrons. The number of thiophene rings is 1. The van der Waals surface area contributed by atoms with Crippen LogP contribution in [0.3, 0.4) is 0 Å². The number of rotatable bonds is 7. The van der Waals surface area contributed by atoms with Crippen LogP contribution in [0.15, 0.2) is 53.1 Å². The molecule has 0 aliphatic carbocycles. The van der Waals surface area contributed by atoms with Gasteiger partial charge in [-0.25, -0.2) is 0 Å². The van der Waals surface area contributed by atoms with E-state index in [-0.39, 0.29) is 17.6 Å². The molecular formula is C24H28N4O3S. The minimum Gasteiger partial charge on any atom is -0.459 e. The topological polar surface area (TPSA) is 77.8 Å². The van der Waals surface area contributed by atoms with Crippen LogP contribution in [0.2, 0.25) is 0 Å². The standard InChI is InChI=1S/C24H28N4O3S/c1-3-27-10-12-28(13-11-27)16-18-6-8-19(9-7-18)25-24(30)22-17(2)15-21(32-22)26-23(29)20-5-4-14-31-20/h4-9,14-15H,3,10-13,16H2,1-2H3,(H,25,30)(H,26,29). The average Bonchev–Trinajstić information content (AvgIpc) is 3.46. The van der Waals surface area contributed by atoms with Gasteiger partial charge in [0.05, 0.1) is 16.1 Å². The number of nitrogens with one attached hydrogen (secondary N) is 2. The highest BCUT2D eigenvalue weighted by molar-refractivity contribution is 7.18. The van der Waals surface area contributed by atoms with Gasteiger partial charge in [0.2, 0.25) is 0 Å². The van der Waals surface area contributed by atoms with Crippen molar-refractivity contribution in [3.63, 3.8) is 0 Å². The molecular weight excluding hydrogens is 424 g/mol. The van der Waals surface area contributed by atoms with E-state index in [0.717, 1.165) is 50.5 Å². The van der Waals surface area contributed by atoms with Crippen molar-refractivity contribution >= 4 is 33.8 Å². The summed E-state index contributed by atoms with van der Waals surface area (Å²) in [4.78, 5) is 30.4. The van der Waals surface area contributed by atoms with E-state index in [9.17, 15) is 9.59 Å². The fourth-order valence-electron chi connectivity index (χ4n) is 3.75. The smallest absolute Gasteiger partial charge is 0.291 e. The van der Waals surface area contributed by atoms with Gasteiger partial charge in [0.1, 0.15) is 0 Å². The van der Waals surface area contributed by atoms with E-state index in [1.807, 2.05) is 19.1 Å². The van der Waals surface area contributed by atoms with Gasteiger partial charge in [0, 0.05) is 38.4 Å². The molecule has 2 N–H and O–H groups in total. The van der Waals surface area contributed by atoms with E-state index in [2.05, 4.69) is 39.5 Å². The summed E-state index contributed by atoms with van der Waals surface area (Å²) < 4.78 is 5.11. The summed E-state index contributed by atoms with van der Waals surface area (Å²) in [5.41, 5.74) is 2.80. The Morgan fingerprint density at radius 3 is 2.38 bits per heavy atom. The highest BCUT2D eigenvalue weighted by Gasteiger charge is 2.18. The van der Waals surface area contributed by atoms with Gasteiger partial charge >= 0.3 is 0 Å². The molecule has 1 aromatic carbocycles. The molecule has 2 aromatic heterocycles. The summed E-state index contributed by atoms with van der Waals surface area (Å²) in [6.45, 7) is 10.5. The predicted molar refractivity (Wildman–Crippen MR) is 128 cm³/mol. The molecule has 0 atom stereocenters. The number of hydrogen-bond donors (Lipinski definition) is 2. The third-order valence-electron chi connectivity index (χ3n) is 5.64. The number of carbonyl (C=O) groups is 2. The van der Waals surface area contributed by atoms with Gasteiger partial charge in [0.25, 0.3) is 11.8 Å². The Bertz CT molecular complexity index is 1050. The number of amides is 2. The summed E-state index contributed by atoms with van der Waals surface area (Å²) >= 11 is 1.24. The highest BCUT2D eigenvalue weighted by atomic mass is 32.1. The van der Waals surface area contributed by atoms with Crippen molar-refractivity contribution in [2.75, 3.05) is 43.4 Å². The maximum absolute atomic E-state index is 12.8. The van der Waals surface area contributed by atoms with Gasteiger partial charge in [0.15, 0.2) is 5.76 Å². The van der Waals surface area contributed by atoms with Crippen LogP contribution in [-0.2, 0) is 6.54 Å². The molecule has 0 saturated carbocycles. The van der Waals surface area contributed by atoms with Gasteiger partial charge in [-0.15, -0.1) is 11.3 Å². The number of nitrogens with zero attached hydrogens (tertiary/aromatic N) is 2. The monoisotopic (exact) mass is 452 g/mol. The Hall–Kier alpha value is -2.94. The van der Waals surface area contributed by atoms with Crippen LogP contribution >= 0.6 is 11.3 Å². The molecule has 3 heterocycles. The second-order valence-corrected chi connectivity index (χ2v) is 8.97. The van der Waals surface area contributed by atoms with Crippen molar-refractivity contribution in [1.82, 2.24) is 9.80 Å². The van der Waals surface area contributed by atoms with Gasteiger partial charge in [-0.2, -0.15) is 0 Å². The van der Waals surface area contributed by atoms with E-state index in [4.69, 9.17) is 4.42 Å². The van der Waals surface area contributed by atoms with Crippen LogP contribution in [0.5, 0.6) is 0 Å². The van der Waals surface area contributed by atoms with Crippen molar-refractivity contribution in [2.24, 2.45) is 0 Å². The zero-order valence-corrected chi connectivity index (χ0v) is 19.2. The molecule has 1 aliphatic heterocycles. The van der Waals surface area contributed by atoms with Crippen LogP contribution in [0.4, 0.5) is 10.7 Å². The molecule has 0 radical (unpaired) electrons. The van der Waals surface area contributed by atoms with Crippen LogP contribution < -0.4 is 10.6 Å². The largest absolute Gasteiger partial charge is 0.459 e. The molecule has 1 saturated heterocycles. The zero-order chi connectivity index (χ0) is 22.5. The highest BCUT2D eigenvalue weighted by Crippen LogP contribution is 2.28. The minimum absolute atomic E-state index is 0.186. The number of piperazine rings is 1. The molecule has 0 bridgehead atoms. The molecule has 4 rings (SSSR count). The molecule has 0 unspecified atom stereocenters. The van der Waals surface area contributed by atoms with Crippen molar-refractivity contribution in [2.45, 2.75) is 20.4 Å². The number of benzene rings is 1. The second kappa shape index (κ2) is 10.1. The first-order valence-electron chi connectivity index (χ1n) is 10.8. The first-order valence-corrected chi connectivity index (χ1v) is 11.6. The number of aryl methyl sites for hydroxylation is 1. The Morgan fingerprint density at radius 1 is 1.00 bits per heavy atom. The molecule has 8 heteroatoms. The molecule has 1 fully saturated rings. The summed E-state index contributed by atoms with van der Waals surface area (Å²) in [6, 6.07) is 13.1. The van der Waals surface area contributed by atoms with Crippen LogP contribution in [0, 0.1) is 6.92 Å². The van der Waals surface area contributed by atoms with Crippen LogP contribution in [0.25, 0.3) is 0 Å². The van der Waals surface area contributed by atoms with E-state index >= 15 is 0 Å². The van der Waals surface area contributed by atoms with E-state index < -0.39 is 0 Å². The van der Waals surface area contributed by atoms with Crippen molar-refractivity contribution in [1.29, 1.82) is 0 Å². The van der Waals surface area contributed by atoms with E-state index in [0.29, 0.717) is 9.88 Å². The Morgan fingerprint density at radius 2 is 1.72 bits per heavy atom. The zero-order valence-electron chi connectivity index (χ0n) is 18.4.